The Morgan fingerprint density at radius 3 is 2.36 bits per heavy atom. The minimum absolute atomic E-state index is 0.0803. The molecule has 4 N–H and O–H groups in total. The number of anilines is 1. The van der Waals surface area contributed by atoms with Gasteiger partial charge in [-0.15, -0.1) is 0 Å². The molecule has 2 aromatic rings. The van der Waals surface area contributed by atoms with Gasteiger partial charge in [0.1, 0.15) is 0 Å². The molecule has 0 aliphatic heterocycles. The molecule has 0 aliphatic rings. The SMILES string of the molecule is CC(C)(C)c1ccc(C(O)CNC(=O)CCc2ccccc2N)cc1. The van der Waals surface area contributed by atoms with Gasteiger partial charge in [0.2, 0.25) is 5.91 Å². The molecule has 0 bridgehead atoms. The first kappa shape index (κ1) is 19.0. The fourth-order valence-electron chi connectivity index (χ4n) is 2.63. The largest absolute Gasteiger partial charge is 0.399 e. The molecule has 0 heterocycles. The average Bonchev–Trinajstić information content (AvgIpc) is 2.58. The molecule has 0 radical (unpaired) electrons. The molecule has 25 heavy (non-hydrogen) atoms. The van der Waals surface area contributed by atoms with Crippen molar-refractivity contribution < 1.29 is 9.90 Å². The number of para-hydroxylation sites is 1. The number of aliphatic hydroxyl groups is 1. The Balaban J connectivity index is 1.82. The highest BCUT2D eigenvalue weighted by atomic mass is 16.3. The van der Waals surface area contributed by atoms with Crippen LogP contribution in [0.4, 0.5) is 5.69 Å². The number of aryl methyl sites for hydroxylation is 1. The summed E-state index contributed by atoms with van der Waals surface area (Å²) in [6, 6.07) is 15.4. The number of rotatable bonds is 6. The number of hydrogen-bond donors (Lipinski definition) is 3. The molecular formula is C21H28N2O2. The summed E-state index contributed by atoms with van der Waals surface area (Å²) >= 11 is 0. The van der Waals surface area contributed by atoms with Gasteiger partial charge in [0, 0.05) is 18.7 Å². The monoisotopic (exact) mass is 340 g/mol. The molecule has 0 aromatic heterocycles. The zero-order valence-corrected chi connectivity index (χ0v) is 15.3. The maximum Gasteiger partial charge on any atom is 0.220 e. The first-order valence-corrected chi connectivity index (χ1v) is 8.66. The van der Waals surface area contributed by atoms with Crippen LogP contribution >= 0.6 is 0 Å². The lowest BCUT2D eigenvalue weighted by molar-refractivity contribution is -0.121. The molecule has 1 unspecified atom stereocenters. The van der Waals surface area contributed by atoms with Gasteiger partial charge < -0.3 is 16.2 Å². The number of benzene rings is 2. The zero-order valence-electron chi connectivity index (χ0n) is 15.3. The molecule has 0 fully saturated rings. The first-order valence-electron chi connectivity index (χ1n) is 8.66. The number of aliphatic hydroxyl groups excluding tert-OH is 1. The van der Waals surface area contributed by atoms with Crippen LogP contribution in [0.25, 0.3) is 0 Å². The number of amides is 1. The molecule has 2 aromatic carbocycles. The highest BCUT2D eigenvalue weighted by molar-refractivity contribution is 5.76. The lowest BCUT2D eigenvalue weighted by Crippen LogP contribution is -2.28. The van der Waals surface area contributed by atoms with Gasteiger partial charge in [-0.05, 0) is 34.6 Å². The van der Waals surface area contributed by atoms with Crippen molar-refractivity contribution in [1.29, 1.82) is 0 Å². The van der Waals surface area contributed by atoms with Crippen LogP contribution < -0.4 is 11.1 Å². The van der Waals surface area contributed by atoms with Crippen molar-refractivity contribution >= 4 is 11.6 Å². The Kier molecular flexibility index (Phi) is 6.21. The maximum absolute atomic E-state index is 12.0. The third-order valence-corrected chi connectivity index (χ3v) is 4.33. The Bertz CT molecular complexity index is 703. The maximum atomic E-state index is 12.0. The summed E-state index contributed by atoms with van der Waals surface area (Å²) in [6.45, 7) is 6.66. The summed E-state index contributed by atoms with van der Waals surface area (Å²) in [4.78, 5) is 12.0. The van der Waals surface area contributed by atoms with Crippen LogP contribution in [0.2, 0.25) is 0 Å². The molecule has 0 saturated heterocycles. The zero-order chi connectivity index (χ0) is 18.4. The second kappa shape index (κ2) is 8.17. The molecule has 4 nitrogen and oxygen atoms in total. The minimum atomic E-state index is -0.709. The molecule has 2 rings (SSSR count). The number of hydrogen-bond acceptors (Lipinski definition) is 3. The summed E-state index contributed by atoms with van der Waals surface area (Å²) in [5, 5.41) is 13.0. The minimum Gasteiger partial charge on any atom is -0.399 e. The number of nitrogens with two attached hydrogens (primary N) is 1. The molecule has 0 aliphatic carbocycles. The highest BCUT2D eigenvalue weighted by Gasteiger charge is 2.15. The third-order valence-electron chi connectivity index (χ3n) is 4.33. The summed E-state index contributed by atoms with van der Waals surface area (Å²) in [5.74, 6) is -0.0892. The Morgan fingerprint density at radius 1 is 1.12 bits per heavy atom. The molecule has 1 amide bonds. The topological polar surface area (TPSA) is 75.3 Å². The Labute approximate surface area is 150 Å². The van der Waals surface area contributed by atoms with Crippen molar-refractivity contribution in [3.63, 3.8) is 0 Å². The standard InChI is InChI=1S/C21H28N2O2/c1-21(2,3)17-11-8-16(9-12-17)19(24)14-23-20(25)13-10-15-6-4-5-7-18(15)22/h4-9,11-12,19,24H,10,13-14,22H2,1-3H3,(H,23,25). The van der Waals surface area contributed by atoms with E-state index in [0.717, 1.165) is 11.1 Å². The van der Waals surface area contributed by atoms with Gasteiger partial charge in [0.05, 0.1) is 6.10 Å². The van der Waals surface area contributed by atoms with E-state index in [1.54, 1.807) is 0 Å². The van der Waals surface area contributed by atoms with Gasteiger partial charge in [-0.25, -0.2) is 0 Å². The fourth-order valence-corrected chi connectivity index (χ4v) is 2.63. The summed E-state index contributed by atoms with van der Waals surface area (Å²) in [6.07, 6.45) is 0.235. The predicted molar refractivity (Wildman–Crippen MR) is 102 cm³/mol. The molecule has 134 valence electrons. The van der Waals surface area contributed by atoms with Gasteiger partial charge in [0.15, 0.2) is 0 Å². The van der Waals surface area contributed by atoms with Crippen LogP contribution in [0.1, 0.15) is 50.0 Å². The Hall–Kier alpha value is -2.33. The predicted octanol–water partition coefficient (Wildman–Crippen LogP) is 3.35. The highest BCUT2D eigenvalue weighted by Crippen LogP contribution is 2.23. The lowest BCUT2D eigenvalue weighted by Gasteiger charge is -2.20. The van der Waals surface area contributed by atoms with Crippen molar-refractivity contribution in [2.45, 2.75) is 45.1 Å². The van der Waals surface area contributed by atoms with Crippen LogP contribution in [-0.4, -0.2) is 17.6 Å². The van der Waals surface area contributed by atoms with Crippen molar-refractivity contribution in [3.8, 4) is 0 Å². The van der Waals surface area contributed by atoms with Crippen molar-refractivity contribution in [2.24, 2.45) is 0 Å². The van der Waals surface area contributed by atoms with E-state index in [2.05, 4.69) is 26.1 Å². The number of nitrogens with one attached hydrogen (secondary N) is 1. The summed E-state index contributed by atoms with van der Waals surface area (Å²) in [7, 11) is 0. The van der Waals surface area contributed by atoms with Crippen LogP contribution in [-0.2, 0) is 16.6 Å². The smallest absolute Gasteiger partial charge is 0.220 e. The van der Waals surface area contributed by atoms with E-state index in [9.17, 15) is 9.90 Å². The van der Waals surface area contributed by atoms with Crippen molar-refractivity contribution in [1.82, 2.24) is 5.32 Å². The van der Waals surface area contributed by atoms with Gasteiger partial charge in [-0.2, -0.15) is 0 Å². The average molecular weight is 340 g/mol. The van der Waals surface area contributed by atoms with Crippen molar-refractivity contribution in [2.75, 3.05) is 12.3 Å². The van der Waals surface area contributed by atoms with E-state index in [-0.39, 0.29) is 17.9 Å². The van der Waals surface area contributed by atoms with E-state index in [4.69, 9.17) is 5.73 Å². The number of carbonyl (C=O) groups is 1. The van der Waals surface area contributed by atoms with Crippen molar-refractivity contribution in [3.05, 3.63) is 65.2 Å². The van der Waals surface area contributed by atoms with E-state index in [1.165, 1.54) is 5.56 Å². The fraction of sp³-hybridized carbons (Fsp3) is 0.381. The van der Waals surface area contributed by atoms with Crippen LogP contribution in [0.3, 0.4) is 0 Å². The van der Waals surface area contributed by atoms with E-state index in [1.807, 2.05) is 48.5 Å². The molecule has 1 atom stereocenters. The van der Waals surface area contributed by atoms with Gasteiger partial charge in [0.25, 0.3) is 0 Å². The quantitative estimate of drug-likeness (QED) is 0.706. The molecule has 0 spiro atoms. The van der Waals surface area contributed by atoms with E-state index in [0.29, 0.717) is 18.5 Å². The lowest BCUT2D eigenvalue weighted by atomic mass is 9.86. The van der Waals surface area contributed by atoms with Gasteiger partial charge >= 0.3 is 0 Å². The normalized spacial score (nSPS) is 12.6. The van der Waals surface area contributed by atoms with Crippen LogP contribution in [0.5, 0.6) is 0 Å². The van der Waals surface area contributed by atoms with E-state index < -0.39 is 6.10 Å². The number of nitrogen functional groups attached to an aromatic ring is 1. The number of carbonyl (C=O) groups excluding carboxylic acids is 1. The third kappa shape index (κ3) is 5.61. The summed E-state index contributed by atoms with van der Waals surface area (Å²) in [5.41, 5.74) is 9.65. The van der Waals surface area contributed by atoms with Gasteiger partial charge in [-0.3, -0.25) is 4.79 Å². The second-order valence-electron chi connectivity index (χ2n) is 7.39. The molecule has 0 saturated carbocycles. The Morgan fingerprint density at radius 2 is 1.76 bits per heavy atom. The second-order valence-corrected chi connectivity index (χ2v) is 7.39. The van der Waals surface area contributed by atoms with Gasteiger partial charge in [-0.1, -0.05) is 63.2 Å². The van der Waals surface area contributed by atoms with Crippen LogP contribution in [0, 0.1) is 0 Å². The van der Waals surface area contributed by atoms with E-state index >= 15 is 0 Å². The summed E-state index contributed by atoms with van der Waals surface area (Å²) < 4.78 is 0. The first-order chi connectivity index (χ1) is 11.8. The van der Waals surface area contributed by atoms with Crippen LogP contribution in [0.15, 0.2) is 48.5 Å². The molecular weight excluding hydrogens is 312 g/mol. The molecule has 4 heteroatoms.